The first-order valence-electron chi connectivity index (χ1n) is 11.0. The molecule has 162 valence electrons. The van der Waals surface area contributed by atoms with Crippen molar-refractivity contribution in [3.05, 3.63) is 34.2 Å². The molecule has 0 spiro atoms. The Hall–Kier alpha value is -2.81. The Morgan fingerprint density at radius 2 is 2.06 bits per heavy atom. The van der Waals surface area contributed by atoms with Crippen LogP contribution in [0, 0.1) is 5.92 Å². The number of carbonyl (C=O) groups is 2. The van der Waals surface area contributed by atoms with E-state index in [0.717, 1.165) is 49.9 Å². The number of nitrogens with zero attached hydrogens (tertiary/aromatic N) is 3. The van der Waals surface area contributed by atoms with Gasteiger partial charge in [0.05, 0.1) is 5.56 Å². The predicted octanol–water partition coefficient (Wildman–Crippen LogP) is 3.57. The summed E-state index contributed by atoms with van der Waals surface area (Å²) in [5, 5.41) is 6.79. The van der Waals surface area contributed by atoms with Gasteiger partial charge >= 0.3 is 0 Å². The second-order valence-corrected chi connectivity index (χ2v) is 9.48. The molecule has 0 radical (unpaired) electrons. The van der Waals surface area contributed by atoms with Crippen molar-refractivity contribution in [1.82, 2.24) is 25.3 Å². The third kappa shape index (κ3) is 4.06. The summed E-state index contributed by atoms with van der Waals surface area (Å²) >= 11 is 1.56. The van der Waals surface area contributed by atoms with E-state index in [1.165, 1.54) is 4.88 Å². The van der Waals surface area contributed by atoms with E-state index < -0.39 is 0 Å². The molecule has 3 N–H and O–H groups in total. The van der Waals surface area contributed by atoms with Gasteiger partial charge in [0.25, 0.3) is 5.91 Å². The smallest absolute Gasteiger partial charge is 0.254 e. The van der Waals surface area contributed by atoms with Crippen LogP contribution in [0.1, 0.15) is 71.6 Å². The molecule has 3 heterocycles. The molecule has 3 aromatic rings. The number of H-pyrrole nitrogens is 1. The minimum absolute atomic E-state index is 0.0344. The summed E-state index contributed by atoms with van der Waals surface area (Å²) in [4.78, 5) is 43.3. The summed E-state index contributed by atoms with van der Waals surface area (Å²) in [5.41, 5.74) is 2.98. The molecule has 3 aromatic heterocycles. The van der Waals surface area contributed by atoms with E-state index >= 15 is 0 Å². The monoisotopic (exact) mass is 438 g/mol. The fourth-order valence-corrected chi connectivity index (χ4v) is 5.37. The molecule has 1 atom stereocenters. The molecule has 1 unspecified atom stereocenters. The minimum atomic E-state index is -0.0920. The zero-order valence-electron chi connectivity index (χ0n) is 17.5. The van der Waals surface area contributed by atoms with E-state index in [1.54, 1.807) is 23.7 Å². The summed E-state index contributed by atoms with van der Waals surface area (Å²) in [7, 11) is 0. The number of aryl methyl sites for hydroxylation is 1. The van der Waals surface area contributed by atoms with Crippen molar-refractivity contribution in [2.24, 2.45) is 5.92 Å². The van der Waals surface area contributed by atoms with Crippen molar-refractivity contribution in [1.29, 1.82) is 0 Å². The van der Waals surface area contributed by atoms with Crippen LogP contribution in [-0.4, -0.2) is 38.3 Å². The number of hydrogen-bond acceptors (Lipinski definition) is 6. The van der Waals surface area contributed by atoms with E-state index in [1.807, 2.05) is 0 Å². The lowest BCUT2D eigenvalue weighted by Crippen LogP contribution is -2.27. The van der Waals surface area contributed by atoms with Crippen LogP contribution in [0.25, 0.3) is 11.3 Å². The van der Waals surface area contributed by atoms with Gasteiger partial charge in [-0.25, -0.2) is 15.0 Å². The van der Waals surface area contributed by atoms with Gasteiger partial charge in [-0.3, -0.25) is 9.59 Å². The molecule has 9 heteroatoms. The molecule has 0 bridgehead atoms. The zero-order chi connectivity index (χ0) is 21.4. The average Bonchev–Trinajstić information content (AvgIpc) is 3.44. The van der Waals surface area contributed by atoms with Crippen molar-refractivity contribution in [2.75, 3.05) is 11.9 Å². The van der Waals surface area contributed by atoms with Gasteiger partial charge in [0.2, 0.25) is 5.91 Å². The number of imidazole rings is 1. The SMILES string of the molecule is CCCCNC(=O)c1c(NC(=O)C2CC2)sc2c1CC(c1nc3nccnc3[nH]1)CC2. The van der Waals surface area contributed by atoms with Gasteiger partial charge in [-0.2, -0.15) is 0 Å². The summed E-state index contributed by atoms with van der Waals surface area (Å²) in [5.74, 6) is 1.06. The lowest BCUT2D eigenvalue weighted by Gasteiger charge is -2.21. The van der Waals surface area contributed by atoms with Gasteiger partial charge in [0.1, 0.15) is 10.8 Å². The van der Waals surface area contributed by atoms with Crippen LogP contribution >= 0.6 is 11.3 Å². The first-order chi connectivity index (χ1) is 15.1. The maximum atomic E-state index is 13.1. The molecule has 2 aliphatic carbocycles. The lowest BCUT2D eigenvalue weighted by molar-refractivity contribution is -0.117. The van der Waals surface area contributed by atoms with Gasteiger partial charge in [0.15, 0.2) is 11.3 Å². The molecular weight excluding hydrogens is 412 g/mol. The Bertz CT molecular complexity index is 1100. The molecular formula is C22H26N6O2S. The summed E-state index contributed by atoms with van der Waals surface area (Å²) in [6, 6.07) is 0. The molecule has 0 saturated heterocycles. The highest BCUT2D eigenvalue weighted by Crippen LogP contribution is 2.43. The number of aromatic nitrogens is 4. The van der Waals surface area contributed by atoms with Crippen LogP contribution in [-0.2, 0) is 17.6 Å². The number of hydrogen-bond donors (Lipinski definition) is 3. The zero-order valence-corrected chi connectivity index (χ0v) is 18.3. The molecule has 0 aliphatic heterocycles. The number of unbranched alkanes of at least 4 members (excludes halogenated alkanes) is 1. The number of carbonyl (C=O) groups excluding carboxylic acids is 2. The average molecular weight is 439 g/mol. The molecule has 0 aromatic carbocycles. The topological polar surface area (TPSA) is 113 Å². The maximum Gasteiger partial charge on any atom is 0.254 e. The van der Waals surface area contributed by atoms with E-state index in [2.05, 4.69) is 37.5 Å². The third-order valence-electron chi connectivity index (χ3n) is 6.03. The Labute approximate surface area is 184 Å². The van der Waals surface area contributed by atoms with Crippen LogP contribution < -0.4 is 10.6 Å². The van der Waals surface area contributed by atoms with Gasteiger partial charge in [-0.05, 0) is 44.1 Å². The normalized spacial score (nSPS) is 18.0. The molecule has 31 heavy (non-hydrogen) atoms. The Morgan fingerprint density at radius 3 is 2.84 bits per heavy atom. The van der Waals surface area contributed by atoms with Gasteiger partial charge < -0.3 is 15.6 Å². The van der Waals surface area contributed by atoms with E-state index in [0.29, 0.717) is 34.8 Å². The number of thiophene rings is 1. The summed E-state index contributed by atoms with van der Waals surface area (Å²) < 4.78 is 0. The van der Waals surface area contributed by atoms with Crippen molar-refractivity contribution in [2.45, 2.75) is 57.8 Å². The standard InChI is InChI=1S/C22H26N6O2S/c1-2-3-8-25-21(30)16-14-11-13(17-26-18-19(27-17)24-10-9-23-18)6-7-15(14)31-22(16)28-20(29)12-4-5-12/h9-10,12-13H,2-8,11H2,1H3,(H,25,30)(H,28,29)(H,23,24,26,27). The second kappa shape index (κ2) is 8.37. The third-order valence-corrected chi connectivity index (χ3v) is 7.23. The number of aromatic amines is 1. The summed E-state index contributed by atoms with van der Waals surface area (Å²) in [6.45, 7) is 2.74. The fourth-order valence-electron chi connectivity index (χ4n) is 4.13. The molecule has 1 fully saturated rings. The largest absolute Gasteiger partial charge is 0.352 e. The Kier molecular flexibility index (Phi) is 5.43. The number of nitrogens with one attached hydrogen (secondary N) is 3. The second-order valence-electron chi connectivity index (χ2n) is 8.37. The maximum absolute atomic E-state index is 13.1. The minimum Gasteiger partial charge on any atom is -0.352 e. The number of anilines is 1. The highest BCUT2D eigenvalue weighted by atomic mass is 32.1. The molecule has 2 aliphatic rings. The van der Waals surface area contributed by atoms with Crippen molar-refractivity contribution < 1.29 is 9.59 Å². The van der Waals surface area contributed by atoms with Gasteiger partial charge in [-0.15, -0.1) is 11.3 Å². The highest BCUT2D eigenvalue weighted by molar-refractivity contribution is 7.17. The molecule has 1 saturated carbocycles. The van der Waals surface area contributed by atoms with Crippen LogP contribution in [0.5, 0.6) is 0 Å². The Balaban J connectivity index is 1.45. The Morgan fingerprint density at radius 1 is 1.23 bits per heavy atom. The van der Waals surface area contributed by atoms with Gasteiger partial charge in [0, 0.05) is 35.7 Å². The highest BCUT2D eigenvalue weighted by Gasteiger charge is 2.34. The molecule has 8 nitrogen and oxygen atoms in total. The lowest BCUT2D eigenvalue weighted by atomic mass is 9.85. The number of rotatable bonds is 7. The van der Waals surface area contributed by atoms with Crippen LogP contribution in [0.4, 0.5) is 5.00 Å². The fraction of sp³-hybridized carbons (Fsp3) is 0.500. The van der Waals surface area contributed by atoms with Crippen LogP contribution in [0.3, 0.4) is 0 Å². The van der Waals surface area contributed by atoms with E-state index in [9.17, 15) is 9.59 Å². The molecule has 5 rings (SSSR count). The van der Waals surface area contributed by atoms with Crippen molar-refractivity contribution in [3.8, 4) is 0 Å². The number of fused-ring (bicyclic) bond motifs is 2. The number of amides is 2. The predicted molar refractivity (Wildman–Crippen MR) is 119 cm³/mol. The first kappa shape index (κ1) is 20.1. The van der Waals surface area contributed by atoms with Gasteiger partial charge in [-0.1, -0.05) is 13.3 Å². The molecule has 2 amide bonds. The first-order valence-corrected chi connectivity index (χ1v) is 11.9. The quantitative estimate of drug-likeness (QED) is 0.488. The van der Waals surface area contributed by atoms with Crippen LogP contribution in [0.2, 0.25) is 0 Å². The van der Waals surface area contributed by atoms with Crippen molar-refractivity contribution >= 4 is 39.4 Å². The summed E-state index contributed by atoms with van der Waals surface area (Å²) in [6.07, 6.45) is 9.61. The van der Waals surface area contributed by atoms with E-state index in [-0.39, 0.29) is 23.7 Å². The van der Waals surface area contributed by atoms with Crippen molar-refractivity contribution in [3.63, 3.8) is 0 Å². The van der Waals surface area contributed by atoms with Crippen LogP contribution in [0.15, 0.2) is 12.4 Å². The van der Waals surface area contributed by atoms with E-state index in [4.69, 9.17) is 0 Å².